The highest BCUT2D eigenvalue weighted by atomic mass is 16.5. The molecule has 0 aliphatic heterocycles. The number of anilines is 1. The van der Waals surface area contributed by atoms with Crippen LogP contribution in [-0.2, 0) is 0 Å². The van der Waals surface area contributed by atoms with E-state index >= 15 is 0 Å². The van der Waals surface area contributed by atoms with Gasteiger partial charge in [-0.2, -0.15) is 0 Å². The Kier molecular flexibility index (Phi) is 6.98. The summed E-state index contributed by atoms with van der Waals surface area (Å²) in [5.74, 6) is 2.38. The second-order valence-electron chi connectivity index (χ2n) is 6.12. The molecule has 3 nitrogen and oxygen atoms in total. The Morgan fingerprint density at radius 3 is 2.54 bits per heavy atom. The summed E-state index contributed by atoms with van der Waals surface area (Å²) in [6.45, 7) is 9.94. The third-order valence-corrected chi connectivity index (χ3v) is 4.13. The number of rotatable bonds is 9. The van der Waals surface area contributed by atoms with Gasteiger partial charge in [0.05, 0.1) is 13.2 Å². The molecule has 0 bridgehead atoms. The maximum atomic E-state index is 6.17. The lowest BCUT2D eigenvalue weighted by molar-refractivity contribution is 0.231. The van der Waals surface area contributed by atoms with Gasteiger partial charge < -0.3 is 14.8 Å². The van der Waals surface area contributed by atoms with Gasteiger partial charge in [0.15, 0.2) is 0 Å². The van der Waals surface area contributed by atoms with E-state index in [1.54, 1.807) is 0 Å². The number of ether oxygens (including phenoxy) is 2. The van der Waals surface area contributed by atoms with Gasteiger partial charge in [0.2, 0.25) is 0 Å². The fourth-order valence-electron chi connectivity index (χ4n) is 2.60. The van der Waals surface area contributed by atoms with Crippen LogP contribution in [-0.4, -0.2) is 19.3 Å². The van der Waals surface area contributed by atoms with Crippen molar-refractivity contribution in [2.75, 3.05) is 18.5 Å². The molecule has 0 aliphatic carbocycles. The van der Waals surface area contributed by atoms with Crippen molar-refractivity contribution >= 4 is 5.69 Å². The molecule has 2 aromatic rings. The molecule has 1 N–H and O–H groups in total. The molecule has 0 heterocycles. The third kappa shape index (κ3) is 5.19. The van der Waals surface area contributed by atoms with Gasteiger partial charge in [0, 0.05) is 11.8 Å². The van der Waals surface area contributed by atoms with Crippen molar-refractivity contribution in [3.8, 4) is 11.5 Å². The first-order valence-corrected chi connectivity index (χ1v) is 8.86. The summed E-state index contributed by atoms with van der Waals surface area (Å²) >= 11 is 0. The van der Waals surface area contributed by atoms with E-state index in [1.165, 1.54) is 5.56 Å². The fourth-order valence-corrected chi connectivity index (χ4v) is 2.60. The molecule has 0 saturated heterocycles. The van der Waals surface area contributed by atoms with Crippen molar-refractivity contribution in [3.05, 3.63) is 54.1 Å². The Labute approximate surface area is 146 Å². The first-order chi connectivity index (χ1) is 11.6. The minimum absolute atomic E-state index is 0.0750. The maximum Gasteiger partial charge on any atom is 0.123 e. The van der Waals surface area contributed by atoms with Crippen LogP contribution in [0.25, 0.3) is 0 Å². The molecule has 2 aromatic carbocycles. The highest BCUT2D eigenvalue weighted by Crippen LogP contribution is 2.29. The summed E-state index contributed by atoms with van der Waals surface area (Å²) in [4.78, 5) is 0. The zero-order chi connectivity index (χ0) is 17.4. The maximum absolute atomic E-state index is 6.17. The van der Waals surface area contributed by atoms with Crippen molar-refractivity contribution in [1.29, 1.82) is 0 Å². The number of nitrogens with one attached hydrogen (secondary N) is 1. The van der Waals surface area contributed by atoms with Gasteiger partial charge in [-0.3, -0.25) is 0 Å². The van der Waals surface area contributed by atoms with Gasteiger partial charge in [-0.05, 0) is 49.9 Å². The van der Waals surface area contributed by atoms with Gasteiger partial charge in [-0.1, -0.05) is 38.1 Å². The molecule has 2 unspecified atom stereocenters. The fraction of sp³-hybridized carbons (Fsp3) is 0.429. The zero-order valence-electron chi connectivity index (χ0n) is 15.2. The van der Waals surface area contributed by atoms with Crippen LogP contribution in [0.15, 0.2) is 48.5 Å². The predicted molar refractivity (Wildman–Crippen MR) is 101 cm³/mol. The summed E-state index contributed by atoms with van der Waals surface area (Å²) in [5, 5.41) is 3.42. The van der Waals surface area contributed by atoms with Gasteiger partial charge >= 0.3 is 0 Å². The van der Waals surface area contributed by atoms with Crippen LogP contribution in [0.5, 0.6) is 11.5 Å². The first kappa shape index (κ1) is 18.2. The Morgan fingerprint density at radius 2 is 1.79 bits per heavy atom. The molecule has 0 aromatic heterocycles. The molecule has 130 valence electrons. The van der Waals surface area contributed by atoms with Gasteiger partial charge in [-0.25, -0.2) is 0 Å². The lowest BCUT2D eigenvalue weighted by Crippen LogP contribution is -2.23. The second-order valence-corrected chi connectivity index (χ2v) is 6.12. The smallest absolute Gasteiger partial charge is 0.123 e. The Hall–Kier alpha value is -2.16. The lowest BCUT2D eigenvalue weighted by Gasteiger charge is -2.20. The average molecular weight is 327 g/mol. The summed E-state index contributed by atoms with van der Waals surface area (Å²) in [5.41, 5.74) is 2.33. The number of para-hydroxylation sites is 1. The van der Waals surface area contributed by atoms with Crippen molar-refractivity contribution in [3.63, 3.8) is 0 Å². The van der Waals surface area contributed by atoms with E-state index in [0.29, 0.717) is 12.5 Å². The molecule has 0 amide bonds. The summed E-state index contributed by atoms with van der Waals surface area (Å²) in [7, 11) is 0. The van der Waals surface area contributed by atoms with E-state index in [0.717, 1.165) is 30.2 Å². The molecule has 24 heavy (non-hydrogen) atoms. The van der Waals surface area contributed by atoms with Crippen LogP contribution in [0, 0.1) is 0 Å². The van der Waals surface area contributed by atoms with E-state index in [-0.39, 0.29) is 6.10 Å². The highest BCUT2D eigenvalue weighted by Gasteiger charge is 2.12. The predicted octanol–water partition coefficient (Wildman–Crippen LogP) is 5.48. The van der Waals surface area contributed by atoms with Crippen LogP contribution < -0.4 is 14.8 Å². The molecule has 0 spiro atoms. The molecule has 0 fully saturated rings. The molecule has 3 heteroatoms. The molecule has 2 rings (SSSR count). The number of hydrogen-bond acceptors (Lipinski definition) is 3. The third-order valence-electron chi connectivity index (χ3n) is 4.13. The van der Waals surface area contributed by atoms with Crippen LogP contribution in [0.1, 0.15) is 45.6 Å². The molecule has 0 aliphatic rings. The topological polar surface area (TPSA) is 30.5 Å². The number of benzene rings is 2. The summed E-state index contributed by atoms with van der Waals surface area (Å²) in [6.07, 6.45) is 1.18. The van der Waals surface area contributed by atoms with Gasteiger partial charge in [0.1, 0.15) is 17.6 Å². The van der Waals surface area contributed by atoms with Crippen LogP contribution >= 0.6 is 0 Å². The van der Waals surface area contributed by atoms with Crippen LogP contribution in [0.3, 0.4) is 0 Å². The standard InChI is InChI=1S/C21H29NO2/c1-5-16(3)20-12-7-8-13-21(20)24-17(4)15-22-18-10-9-11-19(14-18)23-6-2/h7-14,16-17,22H,5-6,15H2,1-4H3. The van der Waals surface area contributed by atoms with Crippen molar-refractivity contribution in [1.82, 2.24) is 0 Å². The Morgan fingerprint density at radius 1 is 1.00 bits per heavy atom. The first-order valence-electron chi connectivity index (χ1n) is 8.86. The largest absolute Gasteiger partial charge is 0.494 e. The quantitative estimate of drug-likeness (QED) is 0.661. The normalized spacial score (nSPS) is 13.2. The van der Waals surface area contributed by atoms with E-state index in [4.69, 9.17) is 9.47 Å². The minimum Gasteiger partial charge on any atom is -0.494 e. The molecule has 2 atom stereocenters. The van der Waals surface area contributed by atoms with Crippen molar-refractivity contribution in [2.45, 2.75) is 46.1 Å². The van der Waals surface area contributed by atoms with Crippen molar-refractivity contribution < 1.29 is 9.47 Å². The minimum atomic E-state index is 0.0750. The molecular weight excluding hydrogens is 298 g/mol. The van der Waals surface area contributed by atoms with E-state index in [2.05, 4.69) is 44.3 Å². The second kappa shape index (κ2) is 9.21. The van der Waals surface area contributed by atoms with E-state index in [1.807, 2.05) is 37.3 Å². The SMILES string of the molecule is CCOc1cccc(NCC(C)Oc2ccccc2C(C)CC)c1. The monoisotopic (exact) mass is 327 g/mol. The Balaban J connectivity index is 1.94. The highest BCUT2D eigenvalue weighted by molar-refractivity contribution is 5.48. The lowest BCUT2D eigenvalue weighted by atomic mass is 9.98. The van der Waals surface area contributed by atoms with Crippen LogP contribution in [0.4, 0.5) is 5.69 Å². The Bertz CT molecular complexity index is 627. The summed E-state index contributed by atoms with van der Waals surface area (Å²) < 4.78 is 11.7. The number of hydrogen-bond donors (Lipinski definition) is 1. The zero-order valence-corrected chi connectivity index (χ0v) is 15.2. The molecular formula is C21H29NO2. The van der Waals surface area contributed by atoms with Gasteiger partial charge in [0.25, 0.3) is 0 Å². The van der Waals surface area contributed by atoms with E-state index < -0.39 is 0 Å². The molecule has 0 radical (unpaired) electrons. The molecule has 0 saturated carbocycles. The van der Waals surface area contributed by atoms with Gasteiger partial charge in [-0.15, -0.1) is 0 Å². The van der Waals surface area contributed by atoms with Crippen molar-refractivity contribution in [2.24, 2.45) is 0 Å². The van der Waals surface area contributed by atoms with Crippen LogP contribution in [0.2, 0.25) is 0 Å². The summed E-state index contributed by atoms with van der Waals surface area (Å²) in [6, 6.07) is 16.4. The average Bonchev–Trinajstić information content (AvgIpc) is 2.60. The van der Waals surface area contributed by atoms with E-state index in [9.17, 15) is 0 Å².